The van der Waals surface area contributed by atoms with Crippen molar-refractivity contribution in [2.24, 2.45) is 5.41 Å². The third kappa shape index (κ3) is 3.81. The molecule has 0 saturated heterocycles. The van der Waals surface area contributed by atoms with Crippen molar-refractivity contribution in [3.63, 3.8) is 0 Å². The minimum atomic E-state index is -1.15. The van der Waals surface area contributed by atoms with E-state index in [9.17, 15) is 9.59 Å². The zero-order valence-electron chi connectivity index (χ0n) is 10.6. The first-order valence-electron chi connectivity index (χ1n) is 5.49. The Morgan fingerprint density at radius 2 is 2.11 bits per heavy atom. The molecule has 0 spiro atoms. The molecular weight excluding hydrogens is 318 g/mol. The van der Waals surface area contributed by atoms with E-state index in [2.05, 4.69) is 26.0 Å². The molecule has 1 aromatic heterocycles. The van der Waals surface area contributed by atoms with E-state index < -0.39 is 11.4 Å². The third-order valence-electron chi connectivity index (χ3n) is 2.55. The van der Waals surface area contributed by atoms with Crippen molar-refractivity contribution in [1.82, 2.24) is 5.32 Å². The highest BCUT2D eigenvalue weighted by Crippen LogP contribution is 2.22. The van der Waals surface area contributed by atoms with Crippen LogP contribution >= 0.6 is 27.3 Å². The minimum Gasteiger partial charge on any atom is -0.468 e. The van der Waals surface area contributed by atoms with E-state index in [1.165, 1.54) is 12.0 Å². The Morgan fingerprint density at radius 3 is 2.61 bits per heavy atom. The second-order valence-corrected chi connectivity index (χ2v) is 6.88. The quantitative estimate of drug-likeness (QED) is 0.664. The number of hydrogen-bond acceptors (Lipinski definition) is 4. The molecule has 0 radical (unpaired) electrons. The summed E-state index contributed by atoms with van der Waals surface area (Å²) >= 11 is 5.01. The fourth-order valence-corrected chi connectivity index (χ4v) is 2.84. The molecule has 6 heteroatoms. The number of methoxy groups -OCH3 is 1. The Balaban J connectivity index is 2.44. The van der Waals surface area contributed by atoms with Crippen LogP contribution in [0.15, 0.2) is 15.9 Å². The van der Waals surface area contributed by atoms with Crippen LogP contribution in [0.25, 0.3) is 0 Å². The van der Waals surface area contributed by atoms with Gasteiger partial charge >= 0.3 is 5.97 Å². The first kappa shape index (κ1) is 15.2. The molecule has 1 N–H and O–H groups in total. The Hall–Kier alpha value is -0.880. The van der Waals surface area contributed by atoms with Crippen LogP contribution < -0.4 is 5.32 Å². The lowest BCUT2D eigenvalue weighted by molar-refractivity contribution is -0.156. The lowest BCUT2D eigenvalue weighted by Gasteiger charge is -2.20. The van der Waals surface area contributed by atoms with Crippen LogP contribution in [-0.4, -0.2) is 25.5 Å². The van der Waals surface area contributed by atoms with Crippen molar-refractivity contribution < 1.29 is 14.3 Å². The summed E-state index contributed by atoms with van der Waals surface area (Å²) in [5.41, 5.74) is -1.15. The highest BCUT2D eigenvalue weighted by atomic mass is 79.9. The summed E-state index contributed by atoms with van der Waals surface area (Å²) in [6.07, 6.45) is 0.749. The van der Waals surface area contributed by atoms with Crippen LogP contribution in [0.5, 0.6) is 0 Å². The largest absolute Gasteiger partial charge is 0.468 e. The maximum absolute atomic E-state index is 11.8. The first-order valence-corrected chi connectivity index (χ1v) is 7.10. The monoisotopic (exact) mass is 333 g/mol. The van der Waals surface area contributed by atoms with Crippen molar-refractivity contribution in [1.29, 1.82) is 0 Å². The third-order valence-corrected chi connectivity index (χ3v) is 4.23. The fourth-order valence-electron chi connectivity index (χ4n) is 1.35. The van der Waals surface area contributed by atoms with Crippen LogP contribution in [0.3, 0.4) is 0 Å². The Morgan fingerprint density at radius 1 is 1.44 bits per heavy atom. The zero-order valence-corrected chi connectivity index (χ0v) is 13.0. The summed E-state index contributed by atoms with van der Waals surface area (Å²) in [6, 6.07) is 3.98. The summed E-state index contributed by atoms with van der Waals surface area (Å²) in [4.78, 5) is 24.4. The second kappa shape index (κ2) is 6.33. The molecule has 0 unspecified atom stereocenters. The molecule has 0 bridgehead atoms. The summed E-state index contributed by atoms with van der Waals surface area (Å²) in [7, 11) is 1.28. The highest BCUT2D eigenvalue weighted by molar-refractivity contribution is 9.11. The van der Waals surface area contributed by atoms with E-state index in [0.717, 1.165) is 10.2 Å². The lowest BCUT2D eigenvalue weighted by Crippen LogP contribution is -2.43. The van der Waals surface area contributed by atoms with Gasteiger partial charge in [0.05, 0.1) is 10.9 Å². The van der Waals surface area contributed by atoms with Gasteiger partial charge in [0.25, 0.3) is 0 Å². The van der Waals surface area contributed by atoms with Crippen molar-refractivity contribution >= 4 is 39.1 Å². The topological polar surface area (TPSA) is 55.4 Å². The number of nitrogens with one attached hydrogen (secondary N) is 1. The number of rotatable bonds is 5. The predicted molar refractivity (Wildman–Crippen MR) is 74.5 cm³/mol. The molecule has 1 aromatic rings. The van der Waals surface area contributed by atoms with Gasteiger partial charge in [-0.15, -0.1) is 11.3 Å². The molecule has 1 amide bonds. The van der Waals surface area contributed by atoms with Gasteiger partial charge in [0, 0.05) is 11.4 Å². The summed E-state index contributed by atoms with van der Waals surface area (Å²) in [6.45, 7) is 3.61. The molecule has 0 aliphatic carbocycles. The van der Waals surface area contributed by atoms with Gasteiger partial charge in [0.1, 0.15) is 5.41 Å². The predicted octanol–water partition coefficient (Wildman–Crippen LogP) is 2.37. The summed E-state index contributed by atoms with van der Waals surface area (Å²) in [5.74, 6) is -0.844. The Labute approximate surface area is 119 Å². The van der Waals surface area contributed by atoms with Crippen LogP contribution in [0, 0.1) is 5.41 Å². The molecule has 0 aromatic carbocycles. The number of carbonyl (C=O) groups excluding carboxylic acids is 2. The molecule has 0 fully saturated rings. The first-order chi connectivity index (χ1) is 8.37. The molecular formula is C12H16BrNO3S. The number of halogens is 1. The van der Waals surface area contributed by atoms with E-state index in [1.807, 2.05) is 12.1 Å². The lowest BCUT2D eigenvalue weighted by atomic mass is 9.92. The van der Waals surface area contributed by atoms with Crippen molar-refractivity contribution in [3.05, 3.63) is 20.8 Å². The number of carbonyl (C=O) groups is 2. The average molecular weight is 334 g/mol. The van der Waals surface area contributed by atoms with E-state index in [-0.39, 0.29) is 5.91 Å². The molecule has 0 aliphatic heterocycles. The summed E-state index contributed by atoms with van der Waals surface area (Å²) < 4.78 is 5.67. The van der Waals surface area contributed by atoms with Gasteiger partial charge < -0.3 is 10.1 Å². The summed E-state index contributed by atoms with van der Waals surface area (Å²) in [5, 5.41) is 2.75. The van der Waals surface area contributed by atoms with Gasteiger partial charge in [-0.05, 0) is 48.3 Å². The van der Waals surface area contributed by atoms with Crippen LogP contribution in [0.1, 0.15) is 18.7 Å². The maximum atomic E-state index is 11.8. The average Bonchev–Trinajstić information content (AvgIpc) is 2.73. The number of ether oxygens (including phenoxy) is 1. The van der Waals surface area contributed by atoms with E-state index in [4.69, 9.17) is 0 Å². The standard InChI is InChI=1S/C12H16BrNO3S/c1-12(2,11(16)17-3)10(15)14-7-6-8-4-5-9(13)18-8/h4-5H,6-7H2,1-3H3,(H,14,15). The van der Waals surface area contributed by atoms with E-state index in [0.29, 0.717) is 6.54 Å². The molecule has 18 heavy (non-hydrogen) atoms. The van der Waals surface area contributed by atoms with Crippen LogP contribution in [-0.2, 0) is 20.7 Å². The molecule has 0 aliphatic rings. The normalized spacial score (nSPS) is 11.1. The van der Waals surface area contributed by atoms with Gasteiger partial charge in [-0.1, -0.05) is 0 Å². The van der Waals surface area contributed by atoms with Crippen LogP contribution in [0.2, 0.25) is 0 Å². The number of thiophene rings is 1. The highest BCUT2D eigenvalue weighted by Gasteiger charge is 2.36. The molecule has 1 rings (SSSR count). The van der Waals surface area contributed by atoms with Gasteiger partial charge in [-0.25, -0.2) is 0 Å². The van der Waals surface area contributed by atoms with Crippen LogP contribution in [0.4, 0.5) is 0 Å². The van der Waals surface area contributed by atoms with Crippen molar-refractivity contribution in [2.45, 2.75) is 20.3 Å². The molecule has 1 heterocycles. The van der Waals surface area contributed by atoms with Crippen molar-refractivity contribution in [2.75, 3.05) is 13.7 Å². The smallest absolute Gasteiger partial charge is 0.320 e. The van der Waals surface area contributed by atoms with Gasteiger partial charge in [-0.2, -0.15) is 0 Å². The Bertz CT molecular complexity index is 442. The number of esters is 1. The molecule has 0 atom stereocenters. The Kier molecular flexibility index (Phi) is 5.34. The maximum Gasteiger partial charge on any atom is 0.320 e. The second-order valence-electron chi connectivity index (χ2n) is 4.33. The molecule has 4 nitrogen and oxygen atoms in total. The van der Waals surface area contributed by atoms with Gasteiger partial charge in [0.15, 0.2) is 0 Å². The van der Waals surface area contributed by atoms with E-state index >= 15 is 0 Å². The molecule has 100 valence electrons. The van der Waals surface area contributed by atoms with E-state index in [1.54, 1.807) is 25.2 Å². The fraction of sp³-hybridized carbons (Fsp3) is 0.500. The number of hydrogen-bond donors (Lipinski definition) is 1. The van der Waals surface area contributed by atoms with Crippen molar-refractivity contribution in [3.8, 4) is 0 Å². The SMILES string of the molecule is COC(=O)C(C)(C)C(=O)NCCc1ccc(Br)s1. The van der Waals surface area contributed by atoms with Gasteiger partial charge in [-0.3, -0.25) is 9.59 Å². The zero-order chi connectivity index (χ0) is 13.8. The minimum absolute atomic E-state index is 0.315. The molecule has 0 saturated carbocycles. The van der Waals surface area contributed by atoms with Gasteiger partial charge in [0.2, 0.25) is 5.91 Å². The number of amides is 1.